The molecule has 0 aromatic heterocycles. The molecule has 0 amide bonds. The Bertz CT molecular complexity index is 368. The lowest BCUT2D eigenvalue weighted by Gasteiger charge is -2.13. The molecule has 0 aliphatic carbocycles. The Labute approximate surface area is 100 Å². The first-order valence-electron chi connectivity index (χ1n) is 5.06. The minimum Gasteiger partial charge on any atom is -0.409 e. The average molecular weight is 242 g/mol. The molecule has 88 valence electrons. The zero-order valence-corrected chi connectivity index (χ0v) is 9.91. The van der Waals surface area contributed by atoms with Gasteiger partial charge in [0.25, 0.3) is 0 Å². The van der Waals surface area contributed by atoms with Crippen LogP contribution in [0.2, 0.25) is 5.02 Å². The van der Waals surface area contributed by atoms with Gasteiger partial charge in [0.05, 0.1) is 0 Å². The lowest BCUT2D eigenvalue weighted by atomic mass is 10.2. The van der Waals surface area contributed by atoms with E-state index in [-0.39, 0.29) is 11.9 Å². The highest BCUT2D eigenvalue weighted by Crippen LogP contribution is 2.14. The van der Waals surface area contributed by atoms with Gasteiger partial charge >= 0.3 is 0 Å². The Balaban J connectivity index is 2.43. The fourth-order valence-electron chi connectivity index (χ4n) is 1.35. The van der Waals surface area contributed by atoms with Crippen molar-refractivity contribution >= 4 is 17.4 Å². The zero-order chi connectivity index (χ0) is 12.0. The number of hydrogen-bond acceptors (Lipinski definition) is 3. The van der Waals surface area contributed by atoms with E-state index < -0.39 is 0 Å². The Morgan fingerprint density at radius 3 is 2.88 bits per heavy atom. The summed E-state index contributed by atoms with van der Waals surface area (Å²) < 4.78 is 0. The number of halogens is 1. The van der Waals surface area contributed by atoms with Crippen LogP contribution in [0.25, 0.3) is 0 Å². The number of rotatable bonds is 5. The molecule has 1 rings (SSSR count). The molecule has 0 bridgehead atoms. The highest BCUT2D eigenvalue weighted by molar-refractivity contribution is 6.31. The summed E-state index contributed by atoms with van der Waals surface area (Å²) in [6, 6.07) is 7.79. The van der Waals surface area contributed by atoms with Crippen LogP contribution >= 0.6 is 11.6 Å². The molecule has 0 heterocycles. The first kappa shape index (κ1) is 12.8. The van der Waals surface area contributed by atoms with Crippen molar-refractivity contribution in [1.82, 2.24) is 5.32 Å². The molecule has 0 aliphatic rings. The SMILES string of the molecule is CC(CC(N)=NO)NCc1ccccc1Cl. The number of hydrogen-bond donors (Lipinski definition) is 3. The number of oxime groups is 1. The summed E-state index contributed by atoms with van der Waals surface area (Å²) in [5, 5.41) is 15.3. The molecule has 0 saturated heterocycles. The van der Waals surface area contributed by atoms with Gasteiger partial charge in [-0.05, 0) is 18.6 Å². The third-order valence-electron chi connectivity index (χ3n) is 2.24. The van der Waals surface area contributed by atoms with Crippen LogP contribution in [0.3, 0.4) is 0 Å². The molecule has 4 nitrogen and oxygen atoms in total. The van der Waals surface area contributed by atoms with Crippen LogP contribution in [0.4, 0.5) is 0 Å². The molecule has 0 radical (unpaired) electrons. The van der Waals surface area contributed by atoms with Gasteiger partial charge in [0, 0.05) is 24.0 Å². The fraction of sp³-hybridized carbons (Fsp3) is 0.364. The number of nitrogens with zero attached hydrogens (tertiary/aromatic N) is 1. The predicted octanol–water partition coefficient (Wildman–Crippen LogP) is 1.95. The van der Waals surface area contributed by atoms with Crippen molar-refractivity contribution in [1.29, 1.82) is 0 Å². The largest absolute Gasteiger partial charge is 0.409 e. The van der Waals surface area contributed by atoms with E-state index in [1.165, 1.54) is 0 Å². The second-order valence-corrected chi connectivity index (χ2v) is 4.08. The van der Waals surface area contributed by atoms with E-state index in [1.807, 2.05) is 31.2 Å². The summed E-state index contributed by atoms with van der Waals surface area (Å²) in [6.07, 6.45) is 0.501. The third kappa shape index (κ3) is 4.08. The Hall–Kier alpha value is -1.26. The van der Waals surface area contributed by atoms with E-state index in [9.17, 15) is 0 Å². The van der Waals surface area contributed by atoms with Crippen molar-refractivity contribution in [3.8, 4) is 0 Å². The maximum absolute atomic E-state index is 8.43. The molecule has 1 atom stereocenters. The number of benzene rings is 1. The van der Waals surface area contributed by atoms with Gasteiger partial charge in [0.15, 0.2) is 0 Å². The van der Waals surface area contributed by atoms with Gasteiger partial charge in [-0.15, -0.1) is 0 Å². The topological polar surface area (TPSA) is 70.6 Å². The number of nitrogens with two attached hydrogens (primary N) is 1. The van der Waals surface area contributed by atoms with E-state index in [0.29, 0.717) is 13.0 Å². The number of nitrogens with one attached hydrogen (secondary N) is 1. The molecular weight excluding hydrogens is 226 g/mol. The number of amidine groups is 1. The minimum atomic E-state index is 0.132. The van der Waals surface area contributed by atoms with Crippen molar-refractivity contribution < 1.29 is 5.21 Å². The highest BCUT2D eigenvalue weighted by Gasteiger charge is 2.05. The van der Waals surface area contributed by atoms with Crippen LogP contribution in [0, 0.1) is 0 Å². The first-order chi connectivity index (χ1) is 7.63. The Morgan fingerprint density at radius 1 is 1.56 bits per heavy atom. The third-order valence-corrected chi connectivity index (χ3v) is 2.61. The van der Waals surface area contributed by atoms with Gasteiger partial charge in [-0.1, -0.05) is 35.0 Å². The molecule has 0 fully saturated rings. The van der Waals surface area contributed by atoms with Crippen LogP contribution in [0.15, 0.2) is 29.4 Å². The van der Waals surface area contributed by atoms with Crippen LogP contribution in [-0.2, 0) is 6.54 Å². The quantitative estimate of drug-likeness (QED) is 0.319. The monoisotopic (exact) mass is 241 g/mol. The summed E-state index contributed by atoms with van der Waals surface area (Å²) >= 11 is 6.01. The van der Waals surface area contributed by atoms with Gasteiger partial charge < -0.3 is 16.3 Å². The lowest BCUT2D eigenvalue weighted by Crippen LogP contribution is -2.30. The molecule has 1 unspecified atom stereocenters. The van der Waals surface area contributed by atoms with Gasteiger partial charge in [-0.25, -0.2) is 0 Å². The van der Waals surface area contributed by atoms with Gasteiger partial charge in [-0.2, -0.15) is 0 Å². The average Bonchev–Trinajstić information content (AvgIpc) is 2.28. The molecule has 0 saturated carbocycles. The Morgan fingerprint density at radius 2 is 2.25 bits per heavy atom. The van der Waals surface area contributed by atoms with Crippen LogP contribution in [0.1, 0.15) is 18.9 Å². The molecule has 0 aliphatic heterocycles. The van der Waals surface area contributed by atoms with Crippen molar-refractivity contribution in [2.75, 3.05) is 0 Å². The van der Waals surface area contributed by atoms with E-state index in [4.69, 9.17) is 22.5 Å². The smallest absolute Gasteiger partial charge is 0.140 e. The first-order valence-corrected chi connectivity index (χ1v) is 5.44. The zero-order valence-electron chi connectivity index (χ0n) is 9.15. The second-order valence-electron chi connectivity index (χ2n) is 3.67. The standard InChI is InChI=1S/C11H16ClN3O/c1-8(6-11(13)15-16)14-7-9-4-2-3-5-10(9)12/h2-5,8,14,16H,6-7H2,1H3,(H2,13,15). The van der Waals surface area contributed by atoms with E-state index in [1.54, 1.807) is 0 Å². The van der Waals surface area contributed by atoms with E-state index in [0.717, 1.165) is 10.6 Å². The lowest BCUT2D eigenvalue weighted by molar-refractivity contribution is 0.316. The fourth-order valence-corrected chi connectivity index (χ4v) is 1.56. The van der Waals surface area contributed by atoms with Crippen molar-refractivity contribution in [2.45, 2.75) is 25.9 Å². The van der Waals surface area contributed by atoms with Crippen molar-refractivity contribution in [2.24, 2.45) is 10.9 Å². The maximum Gasteiger partial charge on any atom is 0.140 e. The molecule has 16 heavy (non-hydrogen) atoms. The van der Waals surface area contributed by atoms with Crippen LogP contribution < -0.4 is 11.1 Å². The highest BCUT2D eigenvalue weighted by atomic mass is 35.5. The summed E-state index contributed by atoms with van der Waals surface area (Å²) in [6.45, 7) is 2.63. The summed E-state index contributed by atoms with van der Waals surface area (Å²) in [5.41, 5.74) is 6.44. The van der Waals surface area contributed by atoms with Crippen molar-refractivity contribution in [3.05, 3.63) is 34.9 Å². The summed E-state index contributed by atoms with van der Waals surface area (Å²) in [7, 11) is 0. The van der Waals surface area contributed by atoms with E-state index >= 15 is 0 Å². The van der Waals surface area contributed by atoms with Gasteiger partial charge in [0.2, 0.25) is 0 Å². The van der Waals surface area contributed by atoms with Gasteiger partial charge in [-0.3, -0.25) is 0 Å². The van der Waals surface area contributed by atoms with Crippen LogP contribution in [-0.4, -0.2) is 17.1 Å². The minimum absolute atomic E-state index is 0.132. The van der Waals surface area contributed by atoms with Crippen molar-refractivity contribution in [3.63, 3.8) is 0 Å². The van der Waals surface area contributed by atoms with Gasteiger partial charge in [0.1, 0.15) is 5.84 Å². The maximum atomic E-state index is 8.43. The molecule has 0 spiro atoms. The molecular formula is C11H16ClN3O. The van der Waals surface area contributed by atoms with E-state index in [2.05, 4.69) is 10.5 Å². The Kier molecular flexibility index (Phi) is 5.08. The molecule has 1 aromatic rings. The molecule has 1 aromatic carbocycles. The summed E-state index contributed by atoms with van der Waals surface area (Å²) in [4.78, 5) is 0. The molecule has 4 N–H and O–H groups in total. The van der Waals surface area contributed by atoms with Crippen LogP contribution in [0.5, 0.6) is 0 Å². The predicted molar refractivity (Wildman–Crippen MR) is 65.8 cm³/mol. The molecule has 5 heteroatoms. The summed E-state index contributed by atoms with van der Waals surface area (Å²) in [5.74, 6) is 0.221. The normalized spacial score (nSPS) is 13.8. The second kappa shape index (κ2) is 6.35.